The van der Waals surface area contributed by atoms with Gasteiger partial charge in [-0.15, -0.1) is 0 Å². The second kappa shape index (κ2) is 7.41. The van der Waals surface area contributed by atoms with Crippen molar-refractivity contribution in [3.05, 3.63) is 54.3 Å². The van der Waals surface area contributed by atoms with Crippen LogP contribution in [-0.4, -0.2) is 19.1 Å². The van der Waals surface area contributed by atoms with E-state index in [1.807, 2.05) is 30.5 Å². The molecule has 0 amide bonds. The number of hydrogen-bond acceptors (Lipinski definition) is 3. The quantitative estimate of drug-likeness (QED) is 0.849. The van der Waals surface area contributed by atoms with Crippen LogP contribution in [0.2, 0.25) is 0 Å². The van der Waals surface area contributed by atoms with Gasteiger partial charge in [0.05, 0.1) is 7.11 Å². The number of nitrogens with zero attached hydrogens (tertiary/aromatic N) is 1. The van der Waals surface area contributed by atoms with Crippen LogP contribution in [0.1, 0.15) is 12.0 Å². The highest BCUT2D eigenvalue weighted by Crippen LogP contribution is 2.21. The lowest BCUT2D eigenvalue weighted by molar-refractivity contribution is 0.398. The van der Waals surface area contributed by atoms with E-state index in [1.165, 1.54) is 12.6 Å². The van der Waals surface area contributed by atoms with Crippen LogP contribution in [0.5, 0.6) is 5.88 Å². The van der Waals surface area contributed by atoms with Crippen molar-refractivity contribution >= 4 is 5.57 Å². The largest absolute Gasteiger partial charge is 0.481 e. The Morgan fingerprint density at radius 2 is 2.00 bits per heavy atom. The highest BCUT2D eigenvalue weighted by atomic mass is 16.5. The standard InChI is InChI=1S/C13H13NO.CH5N/c1-15-13-9-8-12(10-14-13)11-6-4-2-3-5-7-11;1-2/h2-6,8-10H,7H2,1H3;2H2,1H3. The average Bonchev–Trinajstić information content (AvgIpc) is 2.70. The maximum absolute atomic E-state index is 5.02. The van der Waals surface area contributed by atoms with Gasteiger partial charge in [-0.25, -0.2) is 4.98 Å². The lowest BCUT2D eigenvalue weighted by atomic mass is 10.1. The van der Waals surface area contributed by atoms with Crippen LogP contribution < -0.4 is 10.5 Å². The molecule has 0 aromatic carbocycles. The summed E-state index contributed by atoms with van der Waals surface area (Å²) < 4.78 is 5.02. The molecule has 1 aliphatic carbocycles. The normalized spacial score (nSPS) is 13.2. The Kier molecular flexibility index (Phi) is 5.75. The maximum atomic E-state index is 5.02. The number of aromatic nitrogens is 1. The number of hydrogen-bond donors (Lipinski definition) is 1. The summed E-state index contributed by atoms with van der Waals surface area (Å²) in [6, 6.07) is 3.92. The number of nitrogens with two attached hydrogens (primary N) is 1. The molecule has 3 heteroatoms. The van der Waals surface area contributed by atoms with Crippen molar-refractivity contribution in [2.45, 2.75) is 6.42 Å². The number of methoxy groups -OCH3 is 1. The highest BCUT2D eigenvalue weighted by Gasteiger charge is 2.01. The minimum atomic E-state index is 0.652. The number of allylic oxidation sites excluding steroid dienone is 6. The Bertz CT molecular complexity index is 416. The molecule has 0 saturated carbocycles. The summed E-state index contributed by atoms with van der Waals surface area (Å²) >= 11 is 0. The van der Waals surface area contributed by atoms with Crippen LogP contribution in [0.3, 0.4) is 0 Å². The smallest absolute Gasteiger partial charge is 0.212 e. The summed E-state index contributed by atoms with van der Waals surface area (Å²) in [6.45, 7) is 0. The Hall–Kier alpha value is -1.87. The fourth-order valence-corrected chi connectivity index (χ4v) is 1.48. The molecule has 0 atom stereocenters. The van der Waals surface area contributed by atoms with Gasteiger partial charge in [-0.05, 0) is 30.7 Å². The first-order valence-corrected chi connectivity index (χ1v) is 5.50. The summed E-state index contributed by atoms with van der Waals surface area (Å²) in [5, 5.41) is 0. The van der Waals surface area contributed by atoms with Gasteiger partial charge in [0.1, 0.15) is 0 Å². The molecular formula is C14H18N2O. The topological polar surface area (TPSA) is 48.1 Å². The molecule has 0 saturated heterocycles. The highest BCUT2D eigenvalue weighted by molar-refractivity contribution is 5.68. The van der Waals surface area contributed by atoms with Gasteiger partial charge in [0.2, 0.25) is 5.88 Å². The lowest BCUT2D eigenvalue weighted by Gasteiger charge is -2.04. The molecule has 1 aliphatic rings. The molecule has 1 aromatic rings. The van der Waals surface area contributed by atoms with Crippen LogP contribution in [0.25, 0.3) is 5.57 Å². The molecule has 1 heterocycles. The molecule has 2 rings (SSSR count). The Balaban J connectivity index is 0.000000686. The molecule has 0 radical (unpaired) electrons. The van der Waals surface area contributed by atoms with Crippen LogP contribution in [-0.2, 0) is 0 Å². The lowest BCUT2D eigenvalue weighted by Crippen LogP contribution is -1.89. The predicted octanol–water partition coefficient (Wildman–Crippen LogP) is 2.56. The third-order valence-electron chi connectivity index (χ3n) is 2.31. The Morgan fingerprint density at radius 3 is 2.65 bits per heavy atom. The SMILES string of the molecule is CN.COc1ccc(C2=CC=CC=CC2)cn1. The van der Waals surface area contributed by atoms with E-state index in [9.17, 15) is 0 Å². The predicted molar refractivity (Wildman–Crippen MR) is 71.8 cm³/mol. The molecule has 0 fully saturated rings. The molecule has 0 unspecified atom stereocenters. The van der Waals surface area contributed by atoms with Gasteiger partial charge >= 0.3 is 0 Å². The second-order valence-corrected chi connectivity index (χ2v) is 3.30. The minimum absolute atomic E-state index is 0.652. The van der Waals surface area contributed by atoms with Crippen molar-refractivity contribution < 1.29 is 4.74 Å². The van der Waals surface area contributed by atoms with Crippen LogP contribution in [0, 0.1) is 0 Å². The van der Waals surface area contributed by atoms with E-state index in [4.69, 9.17) is 4.74 Å². The number of pyridine rings is 1. The van der Waals surface area contributed by atoms with Gasteiger partial charge in [0.25, 0.3) is 0 Å². The Labute approximate surface area is 102 Å². The first-order valence-electron chi connectivity index (χ1n) is 5.50. The van der Waals surface area contributed by atoms with Gasteiger partial charge in [0.15, 0.2) is 0 Å². The molecular weight excluding hydrogens is 212 g/mol. The third kappa shape index (κ3) is 3.89. The fraction of sp³-hybridized carbons (Fsp3) is 0.214. The summed E-state index contributed by atoms with van der Waals surface area (Å²) in [5.74, 6) is 0.652. The van der Waals surface area contributed by atoms with Crippen LogP contribution in [0.15, 0.2) is 48.7 Å². The summed E-state index contributed by atoms with van der Waals surface area (Å²) in [7, 11) is 3.12. The van der Waals surface area contributed by atoms with Crippen molar-refractivity contribution in [1.82, 2.24) is 4.98 Å². The van der Waals surface area contributed by atoms with Crippen molar-refractivity contribution in [3.8, 4) is 5.88 Å². The Morgan fingerprint density at radius 1 is 1.18 bits per heavy atom. The number of rotatable bonds is 2. The van der Waals surface area contributed by atoms with E-state index in [-0.39, 0.29) is 0 Å². The first kappa shape index (κ1) is 13.2. The first-order chi connectivity index (χ1) is 8.40. The van der Waals surface area contributed by atoms with Gasteiger partial charge < -0.3 is 10.5 Å². The van der Waals surface area contributed by atoms with E-state index in [0.29, 0.717) is 5.88 Å². The summed E-state index contributed by atoms with van der Waals surface area (Å²) in [4.78, 5) is 4.19. The number of ether oxygens (including phenoxy) is 1. The van der Waals surface area contributed by atoms with E-state index >= 15 is 0 Å². The molecule has 17 heavy (non-hydrogen) atoms. The van der Waals surface area contributed by atoms with Gasteiger partial charge in [-0.1, -0.05) is 30.4 Å². The fourth-order valence-electron chi connectivity index (χ4n) is 1.48. The van der Waals surface area contributed by atoms with Gasteiger partial charge in [-0.2, -0.15) is 0 Å². The van der Waals surface area contributed by atoms with E-state index in [2.05, 4.69) is 28.9 Å². The molecule has 0 aliphatic heterocycles. The minimum Gasteiger partial charge on any atom is -0.481 e. The van der Waals surface area contributed by atoms with Gasteiger partial charge in [-0.3, -0.25) is 0 Å². The molecule has 3 nitrogen and oxygen atoms in total. The zero-order valence-corrected chi connectivity index (χ0v) is 10.3. The zero-order chi connectivity index (χ0) is 12.5. The van der Waals surface area contributed by atoms with E-state index in [0.717, 1.165) is 12.0 Å². The van der Waals surface area contributed by atoms with E-state index < -0.39 is 0 Å². The van der Waals surface area contributed by atoms with Crippen LogP contribution >= 0.6 is 0 Å². The maximum Gasteiger partial charge on any atom is 0.212 e. The van der Waals surface area contributed by atoms with Crippen molar-refractivity contribution in [3.63, 3.8) is 0 Å². The molecule has 2 N–H and O–H groups in total. The van der Waals surface area contributed by atoms with Crippen molar-refractivity contribution in [2.75, 3.05) is 14.2 Å². The van der Waals surface area contributed by atoms with Gasteiger partial charge in [0, 0.05) is 12.3 Å². The molecule has 1 aromatic heterocycles. The van der Waals surface area contributed by atoms with E-state index in [1.54, 1.807) is 7.11 Å². The third-order valence-corrected chi connectivity index (χ3v) is 2.31. The molecule has 0 bridgehead atoms. The zero-order valence-electron chi connectivity index (χ0n) is 10.3. The van der Waals surface area contributed by atoms with Crippen molar-refractivity contribution in [1.29, 1.82) is 0 Å². The summed E-state index contributed by atoms with van der Waals surface area (Å²) in [5.41, 5.74) is 6.92. The molecule has 0 spiro atoms. The van der Waals surface area contributed by atoms with Crippen LogP contribution in [0.4, 0.5) is 0 Å². The monoisotopic (exact) mass is 230 g/mol. The van der Waals surface area contributed by atoms with Crippen molar-refractivity contribution in [2.24, 2.45) is 5.73 Å². The molecule has 90 valence electrons. The average molecular weight is 230 g/mol. The summed E-state index contributed by atoms with van der Waals surface area (Å²) in [6.07, 6.45) is 13.2. The second-order valence-electron chi connectivity index (χ2n) is 3.30.